The Kier molecular flexibility index (Phi) is 4.48. The van der Waals surface area contributed by atoms with E-state index in [-0.39, 0.29) is 5.04 Å². The monoisotopic (exact) mass is 289 g/mol. The first kappa shape index (κ1) is 16.2. The number of hydrogen-bond donors (Lipinski definition) is 0. The van der Waals surface area contributed by atoms with Crippen LogP contribution in [0, 0.1) is 11.3 Å². The molecular formula is C16H27NSi2. The predicted molar refractivity (Wildman–Crippen MR) is 89.9 cm³/mol. The Morgan fingerprint density at radius 2 is 1.47 bits per heavy atom. The van der Waals surface area contributed by atoms with Crippen molar-refractivity contribution in [3.05, 3.63) is 35.9 Å². The van der Waals surface area contributed by atoms with E-state index in [0.717, 1.165) is 0 Å². The Bertz CT molecular complexity index is 462. The molecule has 2 atom stereocenters. The molecule has 0 radical (unpaired) electrons. The van der Waals surface area contributed by atoms with Gasteiger partial charge in [0.05, 0.1) is 27.3 Å². The van der Waals surface area contributed by atoms with Crippen LogP contribution >= 0.6 is 0 Å². The van der Waals surface area contributed by atoms with Crippen molar-refractivity contribution in [2.75, 3.05) is 0 Å². The zero-order valence-corrected chi connectivity index (χ0v) is 15.4. The van der Waals surface area contributed by atoms with Crippen LogP contribution in [0.5, 0.6) is 0 Å². The van der Waals surface area contributed by atoms with Gasteiger partial charge >= 0.3 is 0 Å². The second-order valence-corrected chi connectivity index (χ2v) is 18.6. The molecule has 0 N–H and O–H groups in total. The molecule has 0 bridgehead atoms. The first-order chi connectivity index (χ1) is 8.54. The smallest absolute Gasteiger partial charge is 0.0679 e. The molecule has 0 saturated heterocycles. The fraction of sp³-hybridized carbons (Fsp3) is 0.562. The van der Waals surface area contributed by atoms with Crippen molar-refractivity contribution >= 4 is 16.1 Å². The van der Waals surface area contributed by atoms with Crippen molar-refractivity contribution in [3.63, 3.8) is 0 Å². The Balaban J connectivity index is 3.47. The summed E-state index contributed by atoms with van der Waals surface area (Å²) in [4.78, 5) is 0. The minimum Gasteiger partial charge on any atom is -0.198 e. The van der Waals surface area contributed by atoms with Crippen LogP contribution in [0.1, 0.15) is 18.0 Å². The van der Waals surface area contributed by atoms with Crippen molar-refractivity contribution < 1.29 is 0 Å². The van der Waals surface area contributed by atoms with Gasteiger partial charge in [-0.1, -0.05) is 69.6 Å². The molecule has 3 heteroatoms. The summed E-state index contributed by atoms with van der Waals surface area (Å²) in [5.41, 5.74) is 1.76. The summed E-state index contributed by atoms with van der Waals surface area (Å²) in [6, 6.07) is 13.4. The fourth-order valence-corrected chi connectivity index (χ4v) is 9.97. The highest BCUT2D eigenvalue weighted by molar-refractivity contribution is 6.85. The fourth-order valence-electron chi connectivity index (χ4n) is 3.01. The van der Waals surface area contributed by atoms with E-state index in [9.17, 15) is 5.26 Å². The molecule has 1 nitrogen and oxygen atoms in total. The van der Waals surface area contributed by atoms with E-state index in [1.807, 2.05) is 0 Å². The van der Waals surface area contributed by atoms with Gasteiger partial charge in [0.2, 0.25) is 0 Å². The predicted octanol–water partition coefficient (Wildman–Crippen LogP) is 5.27. The number of benzene rings is 1. The van der Waals surface area contributed by atoms with Crippen LogP contribution in [0.3, 0.4) is 0 Å². The molecule has 0 amide bonds. The van der Waals surface area contributed by atoms with Gasteiger partial charge in [-0.25, -0.2) is 0 Å². The highest BCUT2D eigenvalue weighted by Crippen LogP contribution is 2.53. The molecule has 0 aromatic heterocycles. The van der Waals surface area contributed by atoms with Crippen LogP contribution in [0.15, 0.2) is 30.3 Å². The minimum absolute atomic E-state index is 0.209. The lowest BCUT2D eigenvalue weighted by molar-refractivity contribution is 0.679. The van der Waals surface area contributed by atoms with Crippen molar-refractivity contribution in [3.8, 4) is 6.07 Å². The molecule has 19 heavy (non-hydrogen) atoms. The number of rotatable bonds is 4. The molecule has 104 valence electrons. The van der Waals surface area contributed by atoms with Crippen molar-refractivity contribution in [2.24, 2.45) is 0 Å². The molecule has 1 rings (SSSR count). The minimum atomic E-state index is -1.59. The SMILES string of the molecule is CC(C#N)(C(c1ccccc1)[Si](C)(C)C)[Si](C)(C)C. The molecule has 0 aliphatic rings. The third kappa shape index (κ3) is 3.18. The topological polar surface area (TPSA) is 23.8 Å². The Labute approximate surface area is 120 Å². The average molecular weight is 290 g/mol. The largest absolute Gasteiger partial charge is 0.198 e. The molecule has 1 aromatic rings. The summed E-state index contributed by atoms with van der Waals surface area (Å²) in [6.07, 6.45) is 0. The molecule has 0 saturated carbocycles. The van der Waals surface area contributed by atoms with E-state index in [1.54, 1.807) is 0 Å². The zero-order valence-electron chi connectivity index (χ0n) is 13.4. The standard InChI is InChI=1S/C16H27NSi2/c1-16(13-17,19(5,6)7)15(18(2,3)4)14-11-9-8-10-12-14/h8-12,15H,1-7H3. The maximum atomic E-state index is 9.92. The molecule has 1 aromatic carbocycles. The van der Waals surface area contributed by atoms with E-state index < -0.39 is 16.1 Å². The molecule has 0 spiro atoms. The summed E-state index contributed by atoms with van der Waals surface area (Å²) < 4.78 is 0. The van der Waals surface area contributed by atoms with E-state index in [2.05, 4.69) is 82.6 Å². The molecule has 0 heterocycles. The van der Waals surface area contributed by atoms with Gasteiger partial charge in [0.1, 0.15) is 0 Å². The molecule has 0 fully saturated rings. The second kappa shape index (κ2) is 5.26. The van der Waals surface area contributed by atoms with Crippen LogP contribution in [0.2, 0.25) is 44.3 Å². The molecule has 0 aliphatic carbocycles. The van der Waals surface area contributed by atoms with Crippen molar-refractivity contribution in [1.82, 2.24) is 0 Å². The van der Waals surface area contributed by atoms with Crippen LogP contribution in [-0.2, 0) is 0 Å². The quantitative estimate of drug-likeness (QED) is 0.693. The average Bonchev–Trinajstić information content (AvgIpc) is 2.27. The van der Waals surface area contributed by atoms with Crippen molar-refractivity contribution in [2.45, 2.75) is 56.8 Å². The summed E-state index contributed by atoms with van der Waals surface area (Å²) in [5, 5.41) is 9.71. The Hall–Kier alpha value is -0.856. The first-order valence-electron chi connectivity index (χ1n) is 7.00. The lowest BCUT2D eigenvalue weighted by atomic mass is 10.0. The Morgan fingerprint density at radius 3 is 1.79 bits per heavy atom. The van der Waals surface area contributed by atoms with Gasteiger partial charge in [-0.2, -0.15) is 5.26 Å². The molecule has 0 aliphatic heterocycles. The summed E-state index contributed by atoms with van der Waals surface area (Å²) >= 11 is 0. The first-order valence-corrected chi connectivity index (χ1v) is 14.1. The van der Waals surface area contributed by atoms with Crippen LogP contribution in [0.25, 0.3) is 0 Å². The number of nitriles is 1. The van der Waals surface area contributed by atoms with Gasteiger partial charge in [0.15, 0.2) is 0 Å². The third-order valence-electron chi connectivity index (χ3n) is 4.37. The maximum absolute atomic E-state index is 9.92. The highest BCUT2D eigenvalue weighted by Gasteiger charge is 2.51. The second-order valence-electron chi connectivity index (χ2n) is 7.77. The maximum Gasteiger partial charge on any atom is 0.0679 e. The molecule has 2 unspecified atom stereocenters. The van der Waals surface area contributed by atoms with Crippen molar-refractivity contribution in [1.29, 1.82) is 5.26 Å². The summed E-state index contributed by atoms with van der Waals surface area (Å²) in [6.45, 7) is 16.3. The van der Waals surface area contributed by atoms with Crippen LogP contribution in [0.4, 0.5) is 0 Å². The van der Waals surface area contributed by atoms with E-state index in [0.29, 0.717) is 5.54 Å². The number of hydrogen-bond acceptors (Lipinski definition) is 1. The Morgan fingerprint density at radius 1 is 1.00 bits per heavy atom. The van der Waals surface area contributed by atoms with Gasteiger partial charge in [-0.3, -0.25) is 0 Å². The van der Waals surface area contributed by atoms with Gasteiger partial charge in [-0.15, -0.1) is 0 Å². The highest BCUT2D eigenvalue weighted by atomic mass is 28.3. The van der Waals surface area contributed by atoms with Crippen LogP contribution in [-0.4, -0.2) is 16.1 Å². The van der Waals surface area contributed by atoms with E-state index in [1.165, 1.54) is 5.56 Å². The van der Waals surface area contributed by atoms with Gasteiger partial charge < -0.3 is 0 Å². The summed E-state index contributed by atoms with van der Waals surface area (Å²) in [5.74, 6) is 0. The zero-order chi connectivity index (χ0) is 14.9. The lowest BCUT2D eigenvalue weighted by Gasteiger charge is -2.46. The molecular weight excluding hydrogens is 262 g/mol. The summed E-state index contributed by atoms with van der Waals surface area (Å²) in [7, 11) is -3.07. The van der Waals surface area contributed by atoms with Gasteiger partial charge in [0, 0.05) is 0 Å². The van der Waals surface area contributed by atoms with E-state index in [4.69, 9.17) is 0 Å². The van der Waals surface area contributed by atoms with Gasteiger partial charge in [-0.05, 0) is 18.0 Å². The van der Waals surface area contributed by atoms with Crippen LogP contribution < -0.4 is 0 Å². The number of nitrogens with zero attached hydrogens (tertiary/aromatic N) is 1. The normalized spacial score (nSPS) is 17.4. The van der Waals surface area contributed by atoms with Gasteiger partial charge in [0.25, 0.3) is 0 Å². The lowest BCUT2D eigenvalue weighted by Crippen LogP contribution is -2.49. The third-order valence-corrected chi connectivity index (χ3v) is 10.8. The van der Waals surface area contributed by atoms with E-state index >= 15 is 0 Å².